The van der Waals surface area contributed by atoms with Gasteiger partial charge in [-0.2, -0.15) is 0 Å². The van der Waals surface area contributed by atoms with Gasteiger partial charge in [-0.3, -0.25) is 9.78 Å². The van der Waals surface area contributed by atoms with Crippen LogP contribution in [-0.2, 0) is 6.54 Å². The third-order valence-electron chi connectivity index (χ3n) is 5.74. The second-order valence-electron chi connectivity index (χ2n) is 7.50. The number of carbonyl (C=O) groups is 1. The Morgan fingerprint density at radius 1 is 1.14 bits per heavy atom. The fraction of sp³-hybridized carbons (Fsp3) is 0.273. The molecule has 4 rings (SSSR count). The van der Waals surface area contributed by atoms with E-state index in [4.69, 9.17) is 5.73 Å². The van der Waals surface area contributed by atoms with Crippen LogP contribution in [0.5, 0.6) is 0 Å². The van der Waals surface area contributed by atoms with Crippen molar-refractivity contribution in [3.63, 3.8) is 0 Å². The van der Waals surface area contributed by atoms with Gasteiger partial charge in [0.15, 0.2) is 0 Å². The van der Waals surface area contributed by atoms with Crippen LogP contribution < -0.4 is 11.2 Å². The van der Waals surface area contributed by atoms with E-state index in [2.05, 4.69) is 17.1 Å². The zero-order valence-corrected chi connectivity index (χ0v) is 16.2. The minimum atomic E-state index is -1.76. The fourth-order valence-corrected chi connectivity index (χ4v) is 4.16. The van der Waals surface area contributed by atoms with E-state index < -0.39 is 7.12 Å². The number of fused-ring (bicyclic) bond motifs is 1. The van der Waals surface area contributed by atoms with Crippen LogP contribution in [0.25, 0.3) is 10.8 Å². The molecular weight excluding hydrogens is 365 g/mol. The lowest BCUT2D eigenvalue weighted by atomic mass is 9.75. The van der Waals surface area contributed by atoms with Crippen LogP contribution in [-0.4, -0.2) is 46.0 Å². The van der Waals surface area contributed by atoms with Crippen molar-refractivity contribution in [1.29, 1.82) is 0 Å². The van der Waals surface area contributed by atoms with Crippen LogP contribution in [0.3, 0.4) is 0 Å². The molecule has 1 fully saturated rings. The Balaban J connectivity index is 1.55. The predicted molar refractivity (Wildman–Crippen MR) is 114 cm³/mol. The highest BCUT2D eigenvalue weighted by Gasteiger charge is 2.30. The molecule has 1 aliphatic rings. The summed E-state index contributed by atoms with van der Waals surface area (Å²) >= 11 is 0. The molecule has 29 heavy (non-hydrogen) atoms. The van der Waals surface area contributed by atoms with Gasteiger partial charge in [-0.15, -0.1) is 0 Å². The summed E-state index contributed by atoms with van der Waals surface area (Å²) in [6.45, 7) is 1.72. The van der Waals surface area contributed by atoms with Gasteiger partial charge >= 0.3 is 7.12 Å². The molecule has 0 atom stereocenters. The van der Waals surface area contributed by atoms with E-state index in [-0.39, 0.29) is 17.1 Å². The number of piperidine rings is 1. The fourth-order valence-electron chi connectivity index (χ4n) is 4.16. The van der Waals surface area contributed by atoms with Crippen molar-refractivity contribution in [2.24, 2.45) is 5.73 Å². The van der Waals surface area contributed by atoms with Gasteiger partial charge in [-0.25, -0.2) is 0 Å². The number of nitrogens with two attached hydrogens (primary N) is 1. The summed E-state index contributed by atoms with van der Waals surface area (Å²) in [6, 6.07) is 15.6. The average molecular weight is 389 g/mol. The van der Waals surface area contributed by atoms with Crippen LogP contribution >= 0.6 is 0 Å². The van der Waals surface area contributed by atoms with Crippen LogP contribution in [0.15, 0.2) is 54.7 Å². The monoisotopic (exact) mass is 389 g/mol. The predicted octanol–water partition coefficient (Wildman–Crippen LogP) is 1.39. The molecule has 0 saturated carbocycles. The Morgan fingerprint density at radius 3 is 2.62 bits per heavy atom. The number of carbonyl (C=O) groups excluding carboxylic acids is 1. The molecule has 4 N–H and O–H groups in total. The van der Waals surface area contributed by atoms with Crippen LogP contribution in [0.2, 0.25) is 0 Å². The second kappa shape index (κ2) is 8.33. The Morgan fingerprint density at radius 2 is 1.90 bits per heavy atom. The van der Waals surface area contributed by atoms with E-state index in [0.717, 1.165) is 23.8 Å². The van der Waals surface area contributed by atoms with E-state index in [9.17, 15) is 14.8 Å². The van der Waals surface area contributed by atoms with Gasteiger partial charge in [0.2, 0.25) is 0 Å². The maximum absolute atomic E-state index is 13.1. The van der Waals surface area contributed by atoms with Gasteiger partial charge < -0.3 is 20.7 Å². The van der Waals surface area contributed by atoms with Crippen molar-refractivity contribution in [2.75, 3.05) is 13.1 Å². The highest BCUT2D eigenvalue weighted by molar-refractivity contribution is 6.63. The third kappa shape index (κ3) is 3.89. The first-order valence-corrected chi connectivity index (χ1v) is 9.90. The first-order valence-electron chi connectivity index (χ1n) is 9.90. The van der Waals surface area contributed by atoms with Crippen molar-refractivity contribution in [1.82, 2.24) is 9.88 Å². The second-order valence-corrected chi connectivity index (χ2v) is 7.50. The number of pyridine rings is 1. The Hall–Kier alpha value is -2.74. The number of rotatable bonds is 4. The quantitative estimate of drug-likeness (QED) is 0.586. The lowest BCUT2D eigenvalue weighted by molar-refractivity contribution is 0.0708. The van der Waals surface area contributed by atoms with Crippen molar-refractivity contribution < 1.29 is 14.8 Å². The maximum atomic E-state index is 13.1. The molecular formula is C22H24BN3O3. The van der Waals surface area contributed by atoms with E-state index in [1.807, 2.05) is 30.3 Å². The third-order valence-corrected chi connectivity index (χ3v) is 5.74. The average Bonchev–Trinajstić information content (AvgIpc) is 2.77. The molecule has 0 bridgehead atoms. The highest BCUT2D eigenvalue weighted by atomic mass is 16.4. The SMILES string of the molecule is NCc1cccc(C2CCN(C(=O)c3ncc4ccccc4c3B(O)O)CC2)c1. The summed E-state index contributed by atoms with van der Waals surface area (Å²) in [5, 5.41) is 21.3. The molecule has 2 heterocycles. The molecule has 0 spiro atoms. The largest absolute Gasteiger partial charge is 0.491 e. The number of benzene rings is 2. The number of likely N-dealkylation sites (tertiary alicyclic amines) is 1. The molecule has 2 aromatic carbocycles. The molecule has 1 aliphatic heterocycles. The first kappa shape index (κ1) is 19.6. The smallest absolute Gasteiger partial charge is 0.423 e. The number of aromatic nitrogens is 1. The lowest BCUT2D eigenvalue weighted by Crippen LogP contribution is -2.44. The molecule has 0 aliphatic carbocycles. The molecule has 1 aromatic heterocycles. The number of hydrogen-bond donors (Lipinski definition) is 3. The van der Waals surface area contributed by atoms with E-state index in [1.165, 1.54) is 5.56 Å². The molecule has 6 nitrogen and oxygen atoms in total. The van der Waals surface area contributed by atoms with Crippen LogP contribution in [0.1, 0.15) is 40.4 Å². The Labute approximate surface area is 170 Å². The molecule has 1 amide bonds. The number of hydrogen-bond acceptors (Lipinski definition) is 5. The standard InChI is InChI=1S/C22H24BN3O3/c24-13-15-4-3-6-17(12-15)16-8-10-26(11-9-16)22(27)21-20(23(28)29)19-7-2-1-5-18(19)14-25-21/h1-7,12,14,16,28-29H,8-11,13,24H2. The minimum Gasteiger partial charge on any atom is -0.423 e. The van der Waals surface area contributed by atoms with Gasteiger partial charge in [0.1, 0.15) is 5.69 Å². The van der Waals surface area contributed by atoms with Crippen molar-refractivity contribution in [3.05, 3.63) is 71.5 Å². The Kier molecular flexibility index (Phi) is 5.62. The number of amides is 1. The summed E-state index contributed by atoms with van der Waals surface area (Å²) in [5.41, 5.74) is 8.41. The van der Waals surface area contributed by atoms with E-state index in [1.54, 1.807) is 17.2 Å². The summed E-state index contributed by atoms with van der Waals surface area (Å²) in [4.78, 5) is 19.2. The van der Waals surface area contributed by atoms with E-state index in [0.29, 0.717) is 30.9 Å². The van der Waals surface area contributed by atoms with Crippen molar-refractivity contribution in [3.8, 4) is 0 Å². The van der Waals surface area contributed by atoms with Crippen LogP contribution in [0.4, 0.5) is 0 Å². The molecule has 0 radical (unpaired) electrons. The summed E-state index contributed by atoms with van der Waals surface area (Å²) < 4.78 is 0. The van der Waals surface area contributed by atoms with Gasteiger partial charge in [0.05, 0.1) is 0 Å². The van der Waals surface area contributed by atoms with E-state index >= 15 is 0 Å². The molecule has 7 heteroatoms. The van der Waals surface area contributed by atoms with Gasteiger partial charge in [-0.05, 0) is 40.7 Å². The summed E-state index contributed by atoms with van der Waals surface area (Å²) in [6.07, 6.45) is 3.31. The molecule has 0 unspecified atom stereocenters. The maximum Gasteiger partial charge on any atom is 0.491 e. The van der Waals surface area contributed by atoms with Crippen LogP contribution in [0, 0.1) is 0 Å². The summed E-state index contributed by atoms with van der Waals surface area (Å²) in [7, 11) is -1.76. The van der Waals surface area contributed by atoms with Crippen molar-refractivity contribution in [2.45, 2.75) is 25.3 Å². The molecule has 3 aromatic rings. The van der Waals surface area contributed by atoms with Gasteiger partial charge in [0, 0.05) is 31.3 Å². The minimum absolute atomic E-state index is 0.113. The first-order chi connectivity index (χ1) is 14.1. The van der Waals surface area contributed by atoms with Gasteiger partial charge in [-0.1, -0.05) is 48.5 Å². The summed E-state index contributed by atoms with van der Waals surface area (Å²) in [5.74, 6) is 0.131. The molecule has 148 valence electrons. The lowest BCUT2D eigenvalue weighted by Gasteiger charge is -2.32. The molecule has 1 saturated heterocycles. The van der Waals surface area contributed by atoms with Gasteiger partial charge in [0.25, 0.3) is 5.91 Å². The Bertz CT molecular complexity index is 1030. The topological polar surface area (TPSA) is 99.7 Å². The zero-order chi connectivity index (χ0) is 20.4. The highest BCUT2D eigenvalue weighted by Crippen LogP contribution is 2.29. The zero-order valence-electron chi connectivity index (χ0n) is 16.2. The normalized spacial score (nSPS) is 14.9. The van der Waals surface area contributed by atoms with Crippen molar-refractivity contribution >= 4 is 29.3 Å². The number of nitrogens with zero attached hydrogens (tertiary/aromatic N) is 2.